The first-order valence-electron chi connectivity index (χ1n) is 7.54. The second-order valence-corrected chi connectivity index (χ2v) is 6.30. The van der Waals surface area contributed by atoms with Crippen LogP contribution in [0.5, 0.6) is 0 Å². The fourth-order valence-electron chi connectivity index (χ4n) is 2.63. The van der Waals surface area contributed by atoms with E-state index >= 15 is 0 Å². The Bertz CT molecular complexity index is 503. The van der Waals surface area contributed by atoms with E-state index in [2.05, 4.69) is 14.5 Å². The smallest absolute Gasteiger partial charge is 0.305 e. The zero-order valence-electron chi connectivity index (χ0n) is 12.9. The molecule has 0 spiro atoms. The van der Waals surface area contributed by atoms with Crippen molar-refractivity contribution >= 4 is 29.2 Å². The molecule has 0 N–H and O–H groups in total. The van der Waals surface area contributed by atoms with Crippen LogP contribution in [0.4, 0.5) is 0 Å². The molecule has 0 bridgehead atoms. The number of nitrogens with zero attached hydrogens (tertiary/aromatic N) is 2. The van der Waals surface area contributed by atoms with Crippen molar-refractivity contribution < 1.29 is 9.53 Å². The lowest BCUT2D eigenvalue weighted by molar-refractivity contribution is -0.140. The molecule has 6 heteroatoms. The number of esters is 1. The Hall–Kier alpha value is -0.810. The Labute approximate surface area is 141 Å². The van der Waals surface area contributed by atoms with Gasteiger partial charge in [-0.2, -0.15) is 0 Å². The van der Waals surface area contributed by atoms with Crippen LogP contribution >= 0.6 is 23.2 Å². The summed E-state index contributed by atoms with van der Waals surface area (Å²) in [5, 5.41) is 1.27. The minimum Gasteiger partial charge on any atom is -0.469 e. The number of hydrogen-bond donors (Lipinski definition) is 0. The lowest BCUT2D eigenvalue weighted by atomic mass is 10.2. The normalized spacial score (nSPS) is 16.7. The highest BCUT2D eigenvalue weighted by molar-refractivity contribution is 6.42. The van der Waals surface area contributed by atoms with E-state index < -0.39 is 0 Å². The molecule has 122 valence electrons. The summed E-state index contributed by atoms with van der Waals surface area (Å²) in [5.74, 6) is -0.130. The zero-order valence-corrected chi connectivity index (χ0v) is 14.4. The average molecular weight is 345 g/mol. The number of carbonyl (C=O) groups excluding carboxylic acids is 1. The lowest BCUT2D eigenvalue weighted by Gasteiger charge is -2.34. The Morgan fingerprint density at radius 1 is 1.18 bits per heavy atom. The van der Waals surface area contributed by atoms with Crippen LogP contribution in [0.3, 0.4) is 0 Å². The lowest BCUT2D eigenvalue weighted by Crippen LogP contribution is -2.46. The van der Waals surface area contributed by atoms with Gasteiger partial charge in [0, 0.05) is 39.1 Å². The summed E-state index contributed by atoms with van der Waals surface area (Å²) >= 11 is 12.3. The molecule has 4 nitrogen and oxygen atoms in total. The van der Waals surface area contributed by atoms with Gasteiger partial charge in [0.1, 0.15) is 0 Å². The Morgan fingerprint density at radius 2 is 1.86 bits per heavy atom. The Balaban J connectivity index is 1.73. The summed E-state index contributed by atoms with van der Waals surface area (Å²) in [4.78, 5) is 15.9. The number of carbonyl (C=O) groups is 1. The van der Waals surface area contributed by atoms with E-state index in [9.17, 15) is 4.79 Å². The summed E-state index contributed by atoms with van der Waals surface area (Å²) in [6.07, 6.45) is 1.35. The quantitative estimate of drug-likeness (QED) is 0.742. The fourth-order valence-corrected chi connectivity index (χ4v) is 3.01. The number of methoxy groups -OCH3 is 1. The highest BCUT2D eigenvalue weighted by atomic mass is 35.5. The van der Waals surface area contributed by atoms with E-state index in [1.54, 1.807) is 0 Å². The second-order valence-electron chi connectivity index (χ2n) is 5.51. The van der Waals surface area contributed by atoms with Crippen LogP contribution in [0.15, 0.2) is 18.2 Å². The molecule has 0 unspecified atom stereocenters. The predicted molar refractivity (Wildman–Crippen MR) is 89.4 cm³/mol. The summed E-state index contributed by atoms with van der Waals surface area (Å²) in [7, 11) is 1.43. The van der Waals surface area contributed by atoms with Gasteiger partial charge in [-0.15, -0.1) is 0 Å². The van der Waals surface area contributed by atoms with Crippen molar-refractivity contribution in [2.75, 3.05) is 39.8 Å². The number of halogens is 2. The summed E-state index contributed by atoms with van der Waals surface area (Å²) in [6.45, 7) is 5.80. The first-order valence-corrected chi connectivity index (χ1v) is 8.30. The number of rotatable bonds is 6. The minimum atomic E-state index is -0.130. The van der Waals surface area contributed by atoms with Crippen LogP contribution < -0.4 is 0 Å². The molecule has 0 radical (unpaired) electrons. The van der Waals surface area contributed by atoms with Crippen molar-refractivity contribution in [2.24, 2.45) is 0 Å². The van der Waals surface area contributed by atoms with Gasteiger partial charge in [0.05, 0.1) is 17.2 Å². The van der Waals surface area contributed by atoms with Crippen LogP contribution in [0, 0.1) is 0 Å². The molecular weight excluding hydrogens is 323 g/mol. The molecule has 1 aliphatic heterocycles. The summed E-state index contributed by atoms with van der Waals surface area (Å²) in [5.41, 5.74) is 1.08. The molecule has 1 aromatic rings. The van der Waals surface area contributed by atoms with Gasteiger partial charge in [-0.3, -0.25) is 9.69 Å². The molecule has 1 aliphatic rings. The molecule has 0 aliphatic carbocycles. The van der Waals surface area contributed by atoms with Crippen LogP contribution in [0.25, 0.3) is 0 Å². The molecule has 1 aromatic carbocycles. The van der Waals surface area contributed by atoms with Gasteiger partial charge in [0.15, 0.2) is 0 Å². The minimum absolute atomic E-state index is 0.130. The van der Waals surface area contributed by atoms with Gasteiger partial charge in [0.2, 0.25) is 0 Å². The Kier molecular flexibility index (Phi) is 6.96. The molecule has 0 aromatic heterocycles. The second kappa shape index (κ2) is 8.73. The van der Waals surface area contributed by atoms with Crippen molar-refractivity contribution in [3.8, 4) is 0 Å². The monoisotopic (exact) mass is 344 g/mol. The third-order valence-corrected chi connectivity index (χ3v) is 4.83. The molecule has 22 heavy (non-hydrogen) atoms. The fraction of sp³-hybridized carbons (Fsp3) is 0.562. The van der Waals surface area contributed by atoms with Crippen molar-refractivity contribution in [3.05, 3.63) is 33.8 Å². The van der Waals surface area contributed by atoms with E-state index in [1.165, 1.54) is 7.11 Å². The summed E-state index contributed by atoms with van der Waals surface area (Å²) < 4.78 is 4.65. The van der Waals surface area contributed by atoms with E-state index in [4.69, 9.17) is 23.2 Å². The first kappa shape index (κ1) is 17.5. The summed E-state index contributed by atoms with van der Waals surface area (Å²) in [6, 6.07) is 5.77. The van der Waals surface area contributed by atoms with Crippen LogP contribution in [0.1, 0.15) is 18.4 Å². The molecule has 0 saturated carbocycles. The Morgan fingerprint density at radius 3 is 2.55 bits per heavy atom. The van der Waals surface area contributed by atoms with Crippen molar-refractivity contribution in [3.63, 3.8) is 0 Å². The van der Waals surface area contributed by atoms with E-state index in [0.29, 0.717) is 16.5 Å². The van der Waals surface area contributed by atoms with E-state index in [-0.39, 0.29) is 5.97 Å². The molecule has 0 atom stereocenters. The van der Waals surface area contributed by atoms with Crippen molar-refractivity contribution in [2.45, 2.75) is 19.4 Å². The van der Waals surface area contributed by atoms with Crippen molar-refractivity contribution in [1.29, 1.82) is 0 Å². The van der Waals surface area contributed by atoms with Crippen LogP contribution in [0.2, 0.25) is 10.0 Å². The maximum Gasteiger partial charge on any atom is 0.305 e. The third kappa shape index (κ3) is 5.13. The average Bonchev–Trinajstić information content (AvgIpc) is 2.53. The number of ether oxygens (including phenoxy) is 1. The maximum absolute atomic E-state index is 11.1. The largest absolute Gasteiger partial charge is 0.469 e. The molecular formula is C16H22Cl2N2O2. The highest BCUT2D eigenvalue weighted by Crippen LogP contribution is 2.26. The molecule has 0 amide bonds. The predicted octanol–water partition coefficient (Wildman–Crippen LogP) is 3.06. The van der Waals surface area contributed by atoms with Gasteiger partial charge >= 0.3 is 5.97 Å². The standard InChI is InChI=1S/C16H22Cl2N2O2/c1-22-15(21)6-3-7-19-8-10-20(11-9-19)12-13-4-2-5-14(17)16(13)18/h2,4-5H,3,6-12H2,1H3. The molecule has 2 rings (SSSR count). The van der Waals surface area contributed by atoms with E-state index in [1.807, 2.05) is 18.2 Å². The van der Waals surface area contributed by atoms with Gasteiger partial charge in [-0.25, -0.2) is 0 Å². The van der Waals surface area contributed by atoms with Gasteiger partial charge in [-0.05, 0) is 24.6 Å². The zero-order chi connectivity index (χ0) is 15.9. The topological polar surface area (TPSA) is 32.8 Å². The number of piperazine rings is 1. The highest BCUT2D eigenvalue weighted by Gasteiger charge is 2.18. The number of benzene rings is 1. The van der Waals surface area contributed by atoms with Crippen LogP contribution in [-0.4, -0.2) is 55.6 Å². The first-order chi connectivity index (χ1) is 10.6. The molecule has 1 fully saturated rings. The van der Waals surface area contributed by atoms with Gasteiger partial charge in [-0.1, -0.05) is 35.3 Å². The van der Waals surface area contributed by atoms with E-state index in [0.717, 1.165) is 51.3 Å². The SMILES string of the molecule is COC(=O)CCCN1CCN(Cc2cccc(Cl)c2Cl)CC1. The van der Waals surface area contributed by atoms with Gasteiger partial charge in [0.25, 0.3) is 0 Å². The number of hydrogen-bond acceptors (Lipinski definition) is 4. The van der Waals surface area contributed by atoms with Crippen molar-refractivity contribution in [1.82, 2.24) is 9.80 Å². The maximum atomic E-state index is 11.1. The third-order valence-electron chi connectivity index (χ3n) is 3.97. The molecule has 1 heterocycles. The molecule has 1 saturated heterocycles. The van der Waals surface area contributed by atoms with Crippen LogP contribution in [-0.2, 0) is 16.1 Å². The van der Waals surface area contributed by atoms with Gasteiger partial charge < -0.3 is 9.64 Å².